The summed E-state index contributed by atoms with van der Waals surface area (Å²) in [7, 11) is 0. The Hall–Kier alpha value is -0.350. The van der Waals surface area contributed by atoms with Gasteiger partial charge in [-0.2, -0.15) is 5.10 Å². The third-order valence-electron chi connectivity index (χ3n) is 1.68. The molecule has 13 heavy (non-hydrogen) atoms. The lowest BCUT2D eigenvalue weighted by Crippen LogP contribution is -2.35. The van der Waals surface area contributed by atoms with Crippen molar-refractivity contribution in [2.75, 3.05) is 0 Å². The summed E-state index contributed by atoms with van der Waals surface area (Å²) in [4.78, 5) is 0. The van der Waals surface area contributed by atoms with Gasteiger partial charge in [0.05, 0.1) is 17.2 Å². The summed E-state index contributed by atoms with van der Waals surface area (Å²) in [5, 5.41) is 7.62. The van der Waals surface area contributed by atoms with Crippen LogP contribution in [0.5, 0.6) is 0 Å². The number of aromatic nitrogens is 2. The molecule has 0 saturated carbocycles. The van der Waals surface area contributed by atoms with Gasteiger partial charge >= 0.3 is 0 Å². The van der Waals surface area contributed by atoms with Crippen molar-refractivity contribution in [2.24, 2.45) is 0 Å². The van der Waals surface area contributed by atoms with Gasteiger partial charge in [0.1, 0.15) is 0 Å². The molecule has 0 fully saturated rings. The van der Waals surface area contributed by atoms with Gasteiger partial charge in [0.2, 0.25) is 0 Å². The Labute approximate surface area is 87.6 Å². The number of hydrogen-bond acceptors (Lipinski definition) is 2. The third kappa shape index (κ3) is 3.91. The van der Waals surface area contributed by atoms with Crippen LogP contribution >= 0.6 is 15.9 Å². The molecule has 0 aliphatic heterocycles. The fraction of sp³-hybridized carbons (Fsp3) is 0.667. The first-order valence-corrected chi connectivity index (χ1v) is 5.31. The van der Waals surface area contributed by atoms with Crippen molar-refractivity contribution < 1.29 is 0 Å². The second kappa shape index (κ2) is 4.77. The molecule has 0 aliphatic carbocycles. The summed E-state index contributed by atoms with van der Waals surface area (Å²) < 4.78 is 2.97. The summed E-state index contributed by atoms with van der Waals surface area (Å²) in [6.45, 7) is 7.37. The lowest BCUT2D eigenvalue weighted by molar-refractivity contribution is 0.420. The summed E-state index contributed by atoms with van der Waals surface area (Å²) in [5.41, 5.74) is 0. The lowest BCUT2D eigenvalue weighted by atomic mass is 10.3. The Morgan fingerprint density at radius 1 is 1.54 bits per heavy atom. The molecule has 1 rings (SSSR count). The van der Waals surface area contributed by atoms with E-state index in [9.17, 15) is 0 Å². The molecule has 0 spiro atoms. The first-order valence-electron chi connectivity index (χ1n) is 4.52. The van der Waals surface area contributed by atoms with Gasteiger partial charge in [-0.1, -0.05) is 13.8 Å². The standard InChI is InChI=1S/C9H16BrN3/c1-7(2)12-8(3)5-13-6-9(10)4-11-13/h4,6-8,12H,5H2,1-3H3. The SMILES string of the molecule is CC(C)NC(C)Cn1cc(Br)cn1. The second-order valence-corrected chi connectivity index (χ2v) is 4.52. The minimum Gasteiger partial charge on any atom is -0.310 e. The fourth-order valence-electron chi connectivity index (χ4n) is 1.34. The largest absolute Gasteiger partial charge is 0.310 e. The second-order valence-electron chi connectivity index (χ2n) is 3.60. The van der Waals surface area contributed by atoms with E-state index in [0.29, 0.717) is 12.1 Å². The normalized spacial score (nSPS) is 13.6. The van der Waals surface area contributed by atoms with Crippen LogP contribution in [-0.4, -0.2) is 21.9 Å². The molecule has 0 saturated heterocycles. The van der Waals surface area contributed by atoms with Gasteiger partial charge in [-0.05, 0) is 22.9 Å². The molecule has 3 nitrogen and oxygen atoms in total. The predicted molar refractivity (Wildman–Crippen MR) is 57.7 cm³/mol. The van der Waals surface area contributed by atoms with E-state index in [1.165, 1.54) is 0 Å². The highest BCUT2D eigenvalue weighted by molar-refractivity contribution is 9.10. The fourth-order valence-corrected chi connectivity index (χ4v) is 1.67. The van der Waals surface area contributed by atoms with Crippen LogP contribution in [0.1, 0.15) is 20.8 Å². The van der Waals surface area contributed by atoms with E-state index >= 15 is 0 Å². The minimum atomic E-state index is 0.451. The van der Waals surface area contributed by atoms with E-state index in [-0.39, 0.29) is 0 Å². The topological polar surface area (TPSA) is 29.9 Å². The minimum absolute atomic E-state index is 0.451. The van der Waals surface area contributed by atoms with E-state index in [0.717, 1.165) is 11.0 Å². The molecule has 1 aromatic heterocycles. The Morgan fingerprint density at radius 3 is 2.69 bits per heavy atom. The number of hydrogen-bond donors (Lipinski definition) is 1. The summed E-state index contributed by atoms with van der Waals surface area (Å²) in [6, 6.07) is 0.973. The molecule has 1 atom stereocenters. The highest BCUT2D eigenvalue weighted by Gasteiger charge is 2.04. The van der Waals surface area contributed by atoms with Crippen LogP contribution in [0.3, 0.4) is 0 Å². The maximum atomic E-state index is 4.19. The Balaban J connectivity index is 2.40. The first kappa shape index (κ1) is 10.7. The molecule has 0 aromatic carbocycles. The van der Waals surface area contributed by atoms with Crippen LogP contribution in [-0.2, 0) is 6.54 Å². The molecule has 0 amide bonds. The monoisotopic (exact) mass is 245 g/mol. The number of halogens is 1. The lowest BCUT2D eigenvalue weighted by Gasteiger charge is -2.16. The Morgan fingerprint density at radius 2 is 2.23 bits per heavy atom. The number of rotatable bonds is 4. The zero-order valence-corrected chi connectivity index (χ0v) is 9.87. The maximum absolute atomic E-state index is 4.19. The first-order chi connectivity index (χ1) is 6.08. The van der Waals surface area contributed by atoms with Crippen LogP contribution in [0.15, 0.2) is 16.9 Å². The average Bonchev–Trinajstić information content (AvgIpc) is 2.33. The molecule has 1 N–H and O–H groups in total. The zero-order chi connectivity index (χ0) is 9.84. The van der Waals surface area contributed by atoms with Crippen LogP contribution in [0.4, 0.5) is 0 Å². The summed E-state index contributed by atoms with van der Waals surface area (Å²) in [6.07, 6.45) is 3.79. The quantitative estimate of drug-likeness (QED) is 0.880. The molecular formula is C9H16BrN3. The van der Waals surface area contributed by atoms with Gasteiger partial charge in [-0.15, -0.1) is 0 Å². The van der Waals surface area contributed by atoms with Gasteiger partial charge < -0.3 is 5.32 Å². The van der Waals surface area contributed by atoms with Crippen molar-refractivity contribution in [3.8, 4) is 0 Å². The average molecular weight is 246 g/mol. The molecule has 0 aliphatic rings. The van der Waals surface area contributed by atoms with E-state index in [2.05, 4.69) is 47.1 Å². The van der Waals surface area contributed by atoms with Crippen LogP contribution < -0.4 is 5.32 Å². The van der Waals surface area contributed by atoms with Gasteiger partial charge in [0, 0.05) is 18.3 Å². The van der Waals surface area contributed by atoms with E-state index in [1.54, 1.807) is 0 Å². The zero-order valence-electron chi connectivity index (χ0n) is 8.29. The van der Waals surface area contributed by atoms with Crippen LogP contribution in [0, 0.1) is 0 Å². The molecule has 1 aromatic rings. The molecular weight excluding hydrogens is 230 g/mol. The maximum Gasteiger partial charge on any atom is 0.0632 e. The van der Waals surface area contributed by atoms with Crippen molar-refractivity contribution in [1.29, 1.82) is 0 Å². The molecule has 74 valence electrons. The summed E-state index contributed by atoms with van der Waals surface area (Å²) >= 11 is 3.37. The Bertz CT molecular complexity index is 257. The van der Waals surface area contributed by atoms with E-state index in [4.69, 9.17) is 0 Å². The third-order valence-corrected chi connectivity index (χ3v) is 2.09. The number of nitrogens with one attached hydrogen (secondary N) is 1. The van der Waals surface area contributed by atoms with Crippen molar-refractivity contribution in [1.82, 2.24) is 15.1 Å². The number of nitrogens with zero attached hydrogens (tertiary/aromatic N) is 2. The molecule has 0 radical (unpaired) electrons. The smallest absolute Gasteiger partial charge is 0.0632 e. The molecule has 4 heteroatoms. The van der Waals surface area contributed by atoms with Gasteiger partial charge in [-0.3, -0.25) is 4.68 Å². The predicted octanol–water partition coefficient (Wildman–Crippen LogP) is 2.03. The highest BCUT2D eigenvalue weighted by atomic mass is 79.9. The van der Waals surface area contributed by atoms with Crippen molar-refractivity contribution in [3.63, 3.8) is 0 Å². The van der Waals surface area contributed by atoms with Crippen LogP contribution in [0.2, 0.25) is 0 Å². The van der Waals surface area contributed by atoms with E-state index in [1.807, 2.05) is 17.1 Å². The van der Waals surface area contributed by atoms with Crippen LogP contribution in [0.25, 0.3) is 0 Å². The van der Waals surface area contributed by atoms with E-state index < -0.39 is 0 Å². The van der Waals surface area contributed by atoms with Crippen molar-refractivity contribution in [3.05, 3.63) is 16.9 Å². The van der Waals surface area contributed by atoms with Gasteiger partial charge in [0.25, 0.3) is 0 Å². The molecule has 0 bridgehead atoms. The highest BCUT2D eigenvalue weighted by Crippen LogP contribution is 2.06. The molecule has 1 unspecified atom stereocenters. The Kier molecular flexibility index (Phi) is 3.93. The summed E-state index contributed by atoms with van der Waals surface area (Å²) in [5.74, 6) is 0. The van der Waals surface area contributed by atoms with Gasteiger partial charge in [-0.25, -0.2) is 0 Å². The van der Waals surface area contributed by atoms with Gasteiger partial charge in [0.15, 0.2) is 0 Å². The van der Waals surface area contributed by atoms with Crippen molar-refractivity contribution >= 4 is 15.9 Å². The van der Waals surface area contributed by atoms with Crippen molar-refractivity contribution in [2.45, 2.75) is 39.4 Å². The molecule has 1 heterocycles.